The van der Waals surface area contributed by atoms with E-state index in [0.29, 0.717) is 17.2 Å². The second-order valence-electron chi connectivity index (χ2n) is 6.96. The Morgan fingerprint density at radius 1 is 1.13 bits per heavy atom. The lowest BCUT2D eigenvalue weighted by atomic mass is 9.92. The molecule has 1 aromatic carbocycles. The molecule has 3 rings (SSSR count). The van der Waals surface area contributed by atoms with E-state index < -0.39 is 0 Å². The maximum atomic E-state index is 12.2. The van der Waals surface area contributed by atoms with E-state index in [4.69, 9.17) is 0 Å². The van der Waals surface area contributed by atoms with Crippen molar-refractivity contribution in [2.45, 2.75) is 44.9 Å². The molecule has 1 unspecified atom stereocenters. The van der Waals surface area contributed by atoms with Crippen LogP contribution in [0.2, 0.25) is 0 Å². The molecular weight excluding hydrogens is 308 g/mol. The van der Waals surface area contributed by atoms with Gasteiger partial charge in [0.1, 0.15) is 0 Å². The summed E-state index contributed by atoms with van der Waals surface area (Å²) in [5, 5.41) is 6.54. The monoisotopic (exact) mass is 336 g/mol. The smallest absolute Gasteiger partial charge is 0.223 e. The Kier molecular flexibility index (Phi) is 6.91. The van der Waals surface area contributed by atoms with Crippen LogP contribution in [0, 0.1) is 11.3 Å². The summed E-state index contributed by atoms with van der Waals surface area (Å²) in [5.74, 6) is 0.615. The minimum atomic E-state index is 0. The van der Waals surface area contributed by atoms with Crippen molar-refractivity contribution in [2.75, 3.05) is 19.6 Å². The van der Waals surface area contributed by atoms with Crippen molar-refractivity contribution in [3.05, 3.63) is 35.9 Å². The van der Waals surface area contributed by atoms with Crippen LogP contribution < -0.4 is 10.6 Å². The van der Waals surface area contributed by atoms with Crippen molar-refractivity contribution in [3.8, 4) is 0 Å². The van der Waals surface area contributed by atoms with Gasteiger partial charge in [-0.15, -0.1) is 12.4 Å². The van der Waals surface area contributed by atoms with Gasteiger partial charge in [0.25, 0.3) is 0 Å². The fraction of sp³-hybridized carbons (Fsp3) is 0.632. The average molecular weight is 337 g/mol. The summed E-state index contributed by atoms with van der Waals surface area (Å²) >= 11 is 0. The number of benzene rings is 1. The van der Waals surface area contributed by atoms with E-state index in [1.807, 2.05) is 0 Å². The number of nitrogens with one attached hydrogen (secondary N) is 2. The van der Waals surface area contributed by atoms with Gasteiger partial charge in [0, 0.05) is 12.5 Å². The molecule has 1 aliphatic heterocycles. The fourth-order valence-electron chi connectivity index (χ4n) is 3.81. The van der Waals surface area contributed by atoms with Gasteiger partial charge in [0.05, 0.1) is 0 Å². The molecule has 1 saturated carbocycles. The van der Waals surface area contributed by atoms with Gasteiger partial charge in [-0.05, 0) is 62.6 Å². The first kappa shape index (κ1) is 18.3. The SMILES string of the molecule is Cl.O=C(NCCCCCc1ccccc1)C1CC12CCNCC2. The van der Waals surface area contributed by atoms with Crippen LogP contribution in [0.5, 0.6) is 0 Å². The first-order valence-corrected chi connectivity index (χ1v) is 8.83. The molecule has 1 aliphatic carbocycles. The molecule has 0 aromatic heterocycles. The molecule has 0 radical (unpaired) electrons. The highest BCUT2D eigenvalue weighted by molar-refractivity contribution is 5.85. The summed E-state index contributed by atoms with van der Waals surface area (Å²) in [6, 6.07) is 10.6. The van der Waals surface area contributed by atoms with Gasteiger partial charge < -0.3 is 10.6 Å². The van der Waals surface area contributed by atoms with Gasteiger partial charge in [-0.25, -0.2) is 0 Å². The third-order valence-corrected chi connectivity index (χ3v) is 5.39. The standard InChI is InChI=1S/C19H28N2O.ClH/c22-18(17-15-19(17)10-13-20-14-11-19)21-12-6-2-5-9-16-7-3-1-4-8-16;/h1,3-4,7-8,17,20H,2,5-6,9-15H2,(H,21,22);1H. The molecule has 4 heteroatoms. The van der Waals surface area contributed by atoms with Crippen molar-refractivity contribution < 1.29 is 4.79 Å². The molecule has 2 N–H and O–H groups in total. The molecule has 0 bridgehead atoms. The van der Waals surface area contributed by atoms with Crippen LogP contribution in [0.4, 0.5) is 0 Å². The number of piperidine rings is 1. The summed E-state index contributed by atoms with van der Waals surface area (Å²) < 4.78 is 0. The molecule has 1 heterocycles. The zero-order valence-corrected chi connectivity index (χ0v) is 14.7. The first-order valence-electron chi connectivity index (χ1n) is 8.83. The van der Waals surface area contributed by atoms with Crippen LogP contribution in [0.25, 0.3) is 0 Å². The molecular formula is C19H29ClN2O. The van der Waals surface area contributed by atoms with Crippen LogP contribution >= 0.6 is 12.4 Å². The van der Waals surface area contributed by atoms with Gasteiger partial charge in [-0.3, -0.25) is 4.79 Å². The van der Waals surface area contributed by atoms with Crippen LogP contribution in [-0.2, 0) is 11.2 Å². The Morgan fingerprint density at radius 3 is 2.61 bits per heavy atom. The van der Waals surface area contributed by atoms with Gasteiger partial charge in [-0.2, -0.15) is 0 Å². The van der Waals surface area contributed by atoms with Crippen molar-refractivity contribution in [1.29, 1.82) is 0 Å². The number of rotatable bonds is 7. The Labute approximate surface area is 146 Å². The topological polar surface area (TPSA) is 41.1 Å². The normalized spacial score (nSPS) is 21.5. The fourth-order valence-corrected chi connectivity index (χ4v) is 3.81. The van der Waals surface area contributed by atoms with Gasteiger partial charge in [0.15, 0.2) is 0 Å². The van der Waals surface area contributed by atoms with E-state index in [0.717, 1.165) is 38.9 Å². The van der Waals surface area contributed by atoms with Crippen LogP contribution in [0.3, 0.4) is 0 Å². The predicted octanol–water partition coefficient (Wildman–Crippen LogP) is 3.33. The Morgan fingerprint density at radius 2 is 1.87 bits per heavy atom. The highest BCUT2D eigenvalue weighted by Crippen LogP contribution is 2.58. The van der Waals surface area contributed by atoms with Crippen LogP contribution in [-0.4, -0.2) is 25.5 Å². The summed E-state index contributed by atoms with van der Waals surface area (Å²) in [5.41, 5.74) is 1.78. The molecule has 1 saturated heterocycles. The lowest BCUT2D eigenvalue weighted by Gasteiger charge is -2.23. The molecule has 23 heavy (non-hydrogen) atoms. The van der Waals surface area contributed by atoms with Crippen molar-refractivity contribution in [1.82, 2.24) is 10.6 Å². The van der Waals surface area contributed by atoms with E-state index in [-0.39, 0.29) is 12.4 Å². The van der Waals surface area contributed by atoms with Gasteiger partial charge >= 0.3 is 0 Å². The predicted molar refractivity (Wildman–Crippen MR) is 96.9 cm³/mol. The quantitative estimate of drug-likeness (QED) is 0.750. The Hall–Kier alpha value is -1.06. The van der Waals surface area contributed by atoms with Gasteiger partial charge in [0.2, 0.25) is 5.91 Å². The Balaban J connectivity index is 0.00000192. The van der Waals surface area contributed by atoms with E-state index in [1.54, 1.807) is 0 Å². The van der Waals surface area contributed by atoms with E-state index >= 15 is 0 Å². The highest BCUT2D eigenvalue weighted by Gasteiger charge is 2.57. The number of amides is 1. The maximum absolute atomic E-state index is 12.2. The number of hydrogen-bond acceptors (Lipinski definition) is 2. The van der Waals surface area contributed by atoms with Crippen molar-refractivity contribution in [2.24, 2.45) is 11.3 Å². The largest absolute Gasteiger partial charge is 0.356 e. The van der Waals surface area contributed by atoms with Crippen LogP contribution in [0.1, 0.15) is 44.1 Å². The molecule has 3 nitrogen and oxygen atoms in total. The molecule has 1 amide bonds. The number of halogens is 1. The zero-order valence-electron chi connectivity index (χ0n) is 13.9. The summed E-state index contributed by atoms with van der Waals surface area (Å²) in [6.07, 6.45) is 8.13. The number of hydrogen-bond donors (Lipinski definition) is 2. The van der Waals surface area contributed by atoms with Crippen molar-refractivity contribution in [3.63, 3.8) is 0 Å². The van der Waals surface area contributed by atoms with E-state index in [1.165, 1.54) is 31.2 Å². The van der Waals surface area contributed by atoms with Gasteiger partial charge in [-0.1, -0.05) is 36.8 Å². The second-order valence-corrected chi connectivity index (χ2v) is 6.96. The second kappa shape index (κ2) is 8.70. The van der Waals surface area contributed by atoms with Crippen molar-refractivity contribution >= 4 is 18.3 Å². The average Bonchev–Trinajstić information content (AvgIpc) is 3.25. The molecule has 2 fully saturated rings. The number of carbonyl (C=O) groups excluding carboxylic acids is 1. The Bertz CT molecular complexity index is 485. The van der Waals surface area contributed by atoms with E-state index in [9.17, 15) is 4.79 Å². The third-order valence-electron chi connectivity index (χ3n) is 5.39. The summed E-state index contributed by atoms with van der Waals surface area (Å²) in [7, 11) is 0. The minimum absolute atomic E-state index is 0. The minimum Gasteiger partial charge on any atom is -0.356 e. The number of unbranched alkanes of at least 4 members (excludes halogenated alkanes) is 2. The maximum Gasteiger partial charge on any atom is 0.223 e. The first-order chi connectivity index (χ1) is 10.8. The lowest BCUT2D eigenvalue weighted by Crippen LogP contribution is -2.34. The zero-order chi connectivity index (χ0) is 15.3. The third kappa shape index (κ3) is 4.95. The van der Waals surface area contributed by atoms with Crippen LogP contribution in [0.15, 0.2) is 30.3 Å². The van der Waals surface area contributed by atoms with E-state index in [2.05, 4.69) is 41.0 Å². The molecule has 2 aliphatic rings. The molecule has 1 spiro atoms. The molecule has 128 valence electrons. The number of carbonyl (C=O) groups is 1. The molecule has 1 aromatic rings. The number of aryl methyl sites for hydroxylation is 1. The lowest BCUT2D eigenvalue weighted by molar-refractivity contribution is -0.123. The highest BCUT2D eigenvalue weighted by atomic mass is 35.5. The summed E-state index contributed by atoms with van der Waals surface area (Å²) in [6.45, 7) is 3.02. The summed E-state index contributed by atoms with van der Waals surface area (Å²) in [4.78, 5) is 12.2. The molecule has 1 atom stereocenters.